The molecule has 0 aliphatic carbocycles. The van der Waals surface area contributed by atoms with Gasteiger partial charge in [-0.1, -0.05) is 54.6 Å². The van der Waals surface area contributed by atoms with E-state index >= 15 is 0 Å². The van der Waals surface area contributed by atoms with E-state index in [-0.39, 0.29) is 5.91 Å². The number of para-hydroxylation sites is 2. The molecule has 1 heterocycles. The lowest BCUT2D eigenvalue weighted by Gasteiger charge is -2.08. The maximum Gasteiger partial charge on any atom is 0.248 e. The molecule has 27 heavy (non-hydrogen) atoms. The highest BCUT2D eigenvalue weighted by Crippen LogP contribution is 2.25. The van der Waals surface area contributed by atoms with Gasteiger partial charge >= 0.3 is 0 Å². The van der Waals surface area contributed by atoms with Crippen LogP contribution in [0.3, 0.4) is 0 Å². The molecule has 0 saturated carbocycles. The Morgan fingerprint density at radius 3 is 2.59 bits per heavy atom. The maximum atomic E-state index is 12.3. The Hall–Kier alpha value is -3.66. The first-order valence-corrected chi connectivity index (χ1v) is 8.79. The number of amides is 1. The second-order valence-corrected chi connectivity index (χ2v) is 6.37. The number of carbonyl (C=O) groups excluding carboxylic acids is 1. The number of carbonyl (C=O) groups is 1. The molecule has 1 aromatic heterocycles. The first-order valence-electron chi connectivity index (χ1n) is 8.79. The Kier molecular flexibility index (Phi) is 4.54. The van der Waals surface area contributed by atoms with Crippen molar-refractivity contribution in [3.63, 3.8) is 0 Å². The van der Waals surface area contributed by atoms with Crippen molar-refractivity contribution in [2.45, 2.75) is 6.92 Å². The van der Waals surface area contributed by atoms with Gasteiger partial charge in [-0.2, -0.15) is 0 Å². The van der Waals surface area contributed by atoms with E-state index in [4.69, 9.17) is 0 Å². The molecule has 0 atom stereocenters. The van der Waals surface area contributed by atoms with Crippen LogP contribution in [0.25, 0.3) is 28.5 Å². The SMILES string of the molecule is Cc1ccc(-c2nc3ccccc3[nH]2)cc1NC(=O)/C=C/c1ccccc1. The third-order valence-corrected chi connectivity index (χ3v) is 4.38. The zero-order chi connectivity index (χ0) is 18.6. The van der Waals surface area contributed by atoms with Crippen LogP contribution < -0.4 is 5.32 Å². The van der Waals surface area contributed by atoms with Crippen molar-refractivity contribution in [2.24, 2.45) is 0 Å². The minimum atomic E-state index is -0.163. The number of hydrogen-bond acceptors (Lipinski definition) is 2. The average Bonchev–Trinajstić information content (AvgIpc) is 3.13. The lowest BCUT2D eigenvalue weighted by molar-refractivity contribution is -0.111. The van der Waals surface area contributed by atoms with E-state index in [1.54, 1.807) is 12.2 Å². The zero-order valence-corrected chi connectivity index (χ0v) is 14.9. The summed E-state index contributed by atoms with van der Waals surface area (Å²) in [6.07, 6.45) is 3.34. The van der Waals surface area contributed by atoms with Gasteiger partial charge in [0.05, 0.1) is 11.0 Å². The largest absolute Gasteiger partial charge is 0.338 e. The van der Waals surface area contributed by atoms with Gasteiger partial charge in [0.25, 0.3) is 0 Å². The van der Waals surface area contributed by atoms with Crippen LogP contribution in [0, 0.1) is 6.92 Å². The van der Waals surface area contributed by atoms with Gasteiger partial charge in [-0.05, 0) is 42.3 Å². The number of nitrogens with one attached hydrogen (secondary N) is 2. The summed E-state index contributed by atoms with van der Waals surface area (Å²) < 4.78 is 0. The number of aromatic nitrogens is 2. The molecular formula is C23H19N3O. The molecule has 0 aliphatic heterocycles. The van der Waals surface area contributed by atoms with Crippen LogP contribution in [0.1, 0.15) is 11.1 Å². The van der Waals surface area contributed by atoms with E-state index in [2.05, 4.69) is 15.3 Å². The van der Waals surface area contributed by atoms with Crippen LogP contribution in [0.4, 0.5) is 5.69 Å². The van der Waals surface area contributed by atoms with Gasteiger partial charge in [0.2, 0.25) is 5.91 Å². The maximum absolute atomic E-state index is 12.3. The highest BCUT2D eigenvalue weighted by Gasteiger charge is 2.08. The van der Waals surface area contributed by atoms with Gasteiger partial charge in [0.1, 0.15) is 5.82 Å². The molecule has 4 rings (SSSR count). The first kappa shape index (κ1) is 16.8. The molecule has 0 saturated heterocycles. The highest BCUT2D eigenvalue weighted by molar-refractivity contribution is 6.02. The van der Waals surface area contributed by atoms with Crippen molar-refractivity contribution in [3.05, 3.63) is 90.0 Å². The summed E-state index contributed by atoms with van der Waals surface area (Å²) in [4.78, 5) is 20.3. The summed E-state index contributed by atoms with van der Waals surface area (Å²) in [5.41, 5.74) is 5.60. The minimum Gasteiger partial charge on any atom is -0.338 e. The Morgan fingerprint density at radius 2 is 1.78 bits per heavy atom. The van der Waals surface area contributed by atoms with Gasteiger partial charge in [-0.25, -0.2) is 4.98 Å². The normalized spacial score (nSPS) is 11.1. The van der Waals surface area contributed by atoms with Crippen molar-refractivity contribution in [1.82, 2.24) is 9.97 Å². The van der Waals surface area contributed by atoms with E-state index in [0.717, 1.165) is 39.2 Å². The predicted molar refractivity (Wildman–Crippen MR) is 110 cm³/mol. The molecule has 132 valence electrons. The monoisotopic (exact) mass is 353 g/mol. The van der Waals surface area contributed by atoms with Crippen LogP contribution in [-0.4, -0.2) is 15.9 Å². The second-order valence-electron chi connectivity index (χ2n) is 6.37. The molecule has 0 radical (unpaired) electrons. The van der Waals surface area contributed by atoms with Gasteiger partial charge in [0.15, 0.2) is 0 Å². The highest BCUT2D eigenvalue weighted by atomic mass is 16.1. The van der Waals surface area contributed by atoms with Gasteiger partial charge < -0.3 is 10.3 Å². The molecule has 0 spiro atoms. The van der Waals surface area contributed by atoms with Crippen LogP contribution in [0.5, 0.6) is 0 Å². The van der Waals surface area contributed by atoms with E-state index in [0.29, 0.717) is 0 Å². The van der Waals surface area contributed by atoms with Crippen molar-refractivity contribution < 1.29 is 4.79 Å². The Labute approximate surface area is 157 Å². The van der Waals surface area contributed by atoms with Crippen molar-refractivity contribution in [3.8, 4) is 11.4 Å². The molecule has 3 aromatic carbocycles. The number of nitrogens with zero attached hydrogens (tertiary/aromatic N) is 1. The summed E-state index contributed by atoms with van der Waals surface area (Å²) in [6.45, 7) is 1.97. The summed E-state index contributed by atoms with van der Waals surface area (Å²) >= 11 is 0. The molecular weight excluding hydrogens is 334 g/mol. The molecule has 0 bridgehead atoms. The van der Waals surface area contributed by atoms with Crippen molar-refractivity contribution >= 4 is 28.7 Å². The number of fused-ring (bicyclic) bond motifs is 1. The Bertz CT molecular complexity index is 1090. The number of hydrogen-bond donors (Lipinski definition) is 2. The van der Waals surface area contributed by atoms with Gasteiger partial charge in [-0.3, -0.25) is 4.79 Å². The van der Waals surface area contributed by atoms with E-state index < -0.39 is 0 Å². The number of rotatable bonds is 4. The predicted octanol–water partition coefficient (Wildman–Crippen LogP) is 5.19. The molecule has 2 N–H and O–H groups in total. The van der Waals surface area contributed by atoms with Crippen LogP contribution in [-0.2, 0) is 4.79 Å². The molecule has 4 aromatic rings. The topological polar surface area (TPSA) is 57.8 Å². The minimum absolute atomic E-state index is 0.163. The van der Waals surface area contributed by atoms with Crippen LogP contribution in [0.2, 0.25) is 0 Å². The van der Waals surface area contributed by atoms with Crippen LogP contribution >= 0.6 is 0 Å². The fourth-order valence-corrected chi connectivity index (χ4v) is 2.90. The number of imidazole rings is 1. The summed E-state index contributed by atoms with van der Waals surface area (Å²) in [5.74, 6) is 0.621. The summed E-state index contributed by atoms with van der Waals surface area (Å²) in [5, 5.41) is 2.96. The number of anilines is 1. The summed E-state index contributed by atoms with van der Waals surface area (Å²) in [7, 11) is 0. The smallest absolute Gasteiger partial charge is 0.248 e. The molecule has 0 unspecified atom stereocenters. The average molecular weight is 353 g/mol. The Balaban J connectivity index is 1.57. The van der Waals surface area contributed by atoms with E-state index in [1.165, 1.54) is 0 Å². The first-order chi connectivity index (χ1) is 13.2. The van der Waals surface area contributed by atoms with Crippen molar-refractivity contribution in [1.29, 1.82) is 0 Å². The van der Waals surface area contributed by atoms with Gasteiger partial charge in [-0.15, -0.1) is 0 Å². The summed E-state index contributed by atoms with van der Waals surface area (Å²) in [6, 6.07) is 23.6. The standard InChI is InChI=1S/C23H19N3O/c1-16-11-13-18(23-25-19-9-5-6-10-20(19)26-23)15-21(16)24-22(27)14-12-17-7-3-2-4-8-17/h2-15H,1H3,(H,24,27)(H,25,26)/b14-12+. The van der Waals surface area contributed by atoms with E-state index in [1.807, 2.05) is 79.7 Å². The molecule has 0 fully saturated rings. The fourth-order valence-electron chi connectivity index (χ4n) is 2.90. The zero-order valence-electron chi connectivity index (χ0n) is 14.9. The number of H-pyrrole nitrogens is 1. The van der Waals surface area contributed by atoms with E-state index in [9.17, 15) is 4.79 Å². The van der Waals surface area contributed by atoms with Gasteiger partial charge in [0, 0.05) is 17.3 Å². The fraction of sp³-hybridized carbons (Fsp3) is 0.0435. The second kappa shape index (κ2) is 7.30. The van der Waals surface area contributed by atoms with Crippen LogP contribution in [0.15, 0.2) is 78.9 Å². The lowest BCUT2D eigenvalue weighted by Crippen LogP contribution is -2.09. The molecule has 0 aliphatic rings. The Morgan fingerprint density at radius 1 is 1.00 bits per heavy atom. The third kappa shape index (κ3) is 3.80. The molecule has 1 amide bonds. The third-order valence-electron chi connectivity index (χ3n) is 4.38. The molecule has 4 heteroatoms. The number of benzene rings is 3. The molecule has 4 nitrogen and oxygen atoms in total. The number of aryl methyl sites for hydroxylation is 1. The van der Waals surface area contributed by atoms with Crippen molar-refractivity contribution in [2.75, 3.05) is 5.32 Å². The number of aromatic amines is 1. The lowest BCUT2D eigenvalue weighted by atomic mass is 10.1. The quantitative estimate of drug-likeness (QED) is 0.496.